The van der Waals surface area contributed by atoms with Crippen molar-refractivity contribution in [3.63, 3.8) is 0 Å². The first-order valence-corrected chi connectivity index (χ1v) is 5.95. The molecule has 4 heteroatoms. The molecule has 0 radical (unpaired) electrons. The van der Waals surface area contributed by atoms with E-state index in [1.807, 2.05) is 42.5 Å². The van der Waals surface area contributed by atoms with Gasteiger partial charge in [-0.2, -0.15) is 0 Å². The van der Waals surface area contributed by atoms with Crippen LogP contribution in [0.4, 0.5) is 5.69 Å². The molecule has 2 aromatic carbocycles. The summed E-state index contributed by atoms with van der Waals surface area (Å²) < 4.78 is 6.64. The lowest BCUT2D eigenvalue weighted by atomic mass is 10.2. The second-order valence-corrected chi connectivity index (χ2v) is 4.55. The maximum absolute atomic E-state index is 5.85. The van der Waals surface area contributed by atoms with E-state index in [1.165, 1.54) is 0 Å². The van der Waals surface area contributed by atoms with E-state index in [1.54, 1.807) is 0 Å². The van der Waals surface area contributed by atoms with Crippen LogP contribution in [-0.4, -0.2) is 4.98 Å². The van der Waals surface area contributed by atoms with Crippen LogP contribution < -0.4 is 5.73 Å². The zero-order valence-electron chi connectivity index (χ0n) is 8.85. The first kappa shape index (κ1) is 10.4. The van der Waals surface area contributed by atoms with E-state index in [4.69, 9.17) is 10.2 Å². The lowest BCUT2D eigenvalue weighted by Gasteiger charge is -1.97. The number of anilines is 1. The number of aromatic nitrogens is 1. The van der Waals surface area contributed by atoms with E-state index in [0.29, 0.717) is 22.7 Å². The Balaban J connectivity index is 2.26. The van der Waals surface area contributed by atoms with Gasteiger partial charge in [0, 0.05) is 4.47 Å². The Morgan fingerprint density at radius 1 is 1.06 bits per heavy atom. The molecule has 0 spiro atoms. The predicted octanol–water partition coefficient (Wildman–Crippen LogP) is 3.84. The van der Waals surface area contributed by atoms with Crippen LogP contribution in [0, 0.1) is 0 Å². The highest BCUT2D eigenvalue weighted by Gasteiger charge is 2.11. The molecule has 0 aliphatic rings. The third-order valence-electron chi connectivity index (χ3n) is 2.55. The van der Waals surface area contributed by atoms with Gasteiger partial charge in [0.25, 0.3) is 0 Å². The lowest BCUT2D eigenvalue weighted by Crippen LogP contribution is -1.85. The maximum Gasteiger partial charge on any atom is 0.228 e. The topological polar surface area (TPSA) is 52.0 Å². The van der Waals surface area contributed by atoms with Crippen molar-refractivity contribution >= 4 is 32.7 Å². The van der Waals surface area contributed by atoms with Crippen LogP contribution in [0.25, 0.3) is 22.6 Å². The van der Waals surface area contributed by atoms with Crippen molar-refractivity contribution in [2.24, 2.45) is 0 Å². The molecule has 17 heavy (non-hydrogen) atoms. The standard InChI is InChI=1S/C13H9BrN2O/c14-9-5-2-1-4-8(9)13-16-12-10(15)6-3-7-11(12)17-13/h1-7H,15H2. The van der Waals surface area contributed by atoms with Crippen LogP contribution in [0.5, 0.6) is 0 Å². The largest absolute Gasteiger partial charge is 0.436 e. The van der Waals surface area contributed by atoms with E-state index < -0.39 is 0 Å². The second kappa shape index (κ2) is 3.89. The molecule has 0 fully saturated rings. The number of hydrogen-bond acceptors (Lipinski definition) is 3. The Morgan fingerprint density at radius 2 is 1.88 bits per heavy atom. The van der Waals surface area contributed by atoms with Gasteiger partial charge in [-0.3, -0.25) is 0 Å². The molecule has 0 aliphatic heterocycles. The van der Waals surface area contributed by atoms with Gasteiger partial charge in [0.2, 0.25) is 5.89 Å². The van der Waals surface area contributed by atoms with E-state index >= 15 is 0 Å². The van der Waals surface area contributed by atoms with Crippen LogP contribution in [0.1, 0.15) is 0 Å². The van der Waals surface area contributed by atoms with Gasteiger partial charge in [0.05, 0.1) is 11.3 Å². The molecule has 1 heterocycles. The molecule has 3 rings (SSSR count). The number of benzene rings is 2. The number of nitrogens with zero attached hydrogens (tertiary/aromatic N) is 1. The number of nitrogen functional groups attached to an aromatic ring is 1. The summed E-state index contributed by atoms with van der Waals surface area (Å²) in [6, 6.07) is 13.3. The summed E-state index contributed by atoms with van der Waals surface area (Å²) in [4.78, 5) is 4.42. The van der Waals surface area contributed by atoms with Gasteiger partial charge in [0.1, 0.15) is 5.52 Å². The fourth-order valence-electron chi connectivity index (χ4n) is 1.72. The highest BCUT2D eigenvalue weighted by molar-refractivity contribution is 9.10. The normalized spacial score (nSPS) is 10.9. The lowest BCUT2D eigenvalue weighted by molar-refractivity contribution is 0.619. The summed E-state index contributed by atoms with van der Waals surface area (Å²) in [5, 5.41) is 0. The van der Waals surface area contributed by atoms with Gasteiger partial charge in [-0.15, -0.1) is 0 Å². The number of para-hydroxylation sites is 1. The molecule has 3 nitrogen and oxygen atoms in total. The van der Waals surface area contributed by atoms with Crippen molar-refractivity contribution in [2.45, 2.75) is 0 Å². The molecule has 0 saturated carbocycles. The summed E-state index contributed by atoms with van der Waals surface area (Å²) in [5.41, 5.74) is 8.81. The number of fused-ring (bicyclic) bond motifs is 1. The summed E-state index contributed by atoms with van der Waals surface area (Å²) in [7, 11) is 0. The van der Waals surface area contributed by atoms with E-state index in [0.717, 1.165) is 10.0 Å². The number of nitrogens with two attached hydrogens (primary N) is 1. The van der Waals surface area contributed by atoms with Crippen molar-refractivity contribution in [3.8, 4) is 11.5 Å². The number of halogens is 1. The van der Waals surface area contributed by atoms with E-state index in [-0.39, 0.29) is 0 Å². The summed E-state index contributed by atoms with van der Waals surface area (Å²) in [5.74, 6) is 0.574. The molecule has 0 unspecified atom stereocenters. The molecule has 1 aromatic heterocycles. The van der Waals surface area contributed by atoms with Gasteiger partial charge in [-0.05, 0) is 40.2 Å². The number of rotatable bonds is 1. The maximum atomic E-state index is 5.85. The molecule has 0 saturated heterocycles. The molecule has 0 atom stereocenters. The molecule has 0 bridgehead atoms. The molecular formula is C13H9BrN2O. The fourth-order valence-corrected chi connectivity index (χ4v) is 2.17. The van der Waals surface area contributed by atoms with Crippen molar-refractivity contribution in [1.29, 1.82) is 0 Å². The molecule has 84 valence electrons. The zero-order valence-corrected chi connectivity index (χ0v) is 10.4. The van der Waals surface area contributed by atoms with Crippen LogP contribution in [0.2, 0.25) is 0 Å². The first-order chi connectivity index (χ1) is 8.25. The third kappa shape index (κ3) is 1.70. The highest BCUT2D eigenvalue weighted by Crippen LogP contribution is 2.31. The Hall–Kier alpha value is -1.81. The third-order valence-corrected chi connectivity index (χ3v) is 3.25. The average Bonchev–Trinajstić information content (AvgIpc) is 2.75. The summed E-state index contributed by atoms with van der Waals surface area (Å²) in [6.07, 6.45) is 0. The smallest absolute Gasteiger partial charge is 0.228 e. The van der Waals surface area contributed by atoms with E-state index in [9.17, 15) is 0 Å². The molecule has 2 N–H and O–H groups in total. The first-order valence-electron chi connectivity index (χ1n) is 5.15. The highest BCUT2D eigenvalue weighted by atomic mass is 79.9. The SMILES string of the molecule is Nc1cccc2oc(-c3ccccc3Br)nc12. The van der Waals surface area contributed by atoms with Gasteiger partial charge >= 0.3 is 0 Å². The zero-order chi connectivity index (χ0) is 11.8. The van der Waals surface area contributed by atoms with Crippen molar-refractivity contribution in [3.05, 3.63) is 46.9 Å². The Labute approximate surface area is 106 Å². The Morgan fingerprint density at radius 3 is 2.65 bits per heavy atom. The number of oxazole rings is 1. The minimum Gasteiger partial charge on any atom is -0.436 e. The summed E-state index contributed by atoms with van der Waals surface area (Å²) in [6.45, 7) is 0. The van der Waals surface area contributed by atoms with Crippen LogP contribution in [0.15, 0.2) is 51.4 Å². The van der Waals surface area contributed by atoms with Crippen LogP contribution in [0.3, 0.4) is 0 Å². The average molecular weight is 289 g/mol. The van der Waals surface area contributed by atoms with Crippen molar-refractivity contribution < 1.29 is 4.42 Å². The van der Waals surface area contributed by atoms with Gasteiger partial charge in [-0.25, -0.2) is 4.98 Å². The minimum atomic E-state index is 0.574. The van der Waals surface area contributed by atoms with Gasteiger partial charge < -0.3 is 10.2 Å². The van der Waals surface area contributed by atoms with Crippen LogP contribution in [-0.2, 0) is 0 Å². The fraction of sp³-hybridized carbons (Fsp3) is 0. The Bertz CT molecular complexity index is 691. The number of hydrogen-bond donors (Lipinski definition) is 1. The molecule has 0 amide bonds. The van der Waals surface area contributed by atoms with Crippen molar-refractivity contribution in [1.82, 2.24) is 4.98 Å². The van der Waals surface area contributed by atoms with Crippen LogP contribution >= 0.6 is 15.9 Å². The van der Waals surface area contributed by atoms with Crippen molar-refractivity contribution in [2.75, 3.05) is 5.73 Å². The quantitative estimate of drug-likeness (QED) is 0.692. The monoisotopic (exact) mass is 288 g/mol. The molecular weight excluding hydrogens is 280 g/mol. The predicted molar refractivity (Wildman–Crippen MR) is 71.6 cm³/mol. The molecule has 0 aliphatic carbocycles. The summed E-state index contributed by atoms with van der Waals surface area (Å²) >= 11 is 3.48. The molecule has 3 aromatic rings. The van der Waals surface area contributed by atoms with Gasteiger partial charge in [-0.1, -0.05) is 18.2 Å². The Kier molecular flexibility index (Phi) is 2.37. The minimum absolute atomic E-state index is 0.574. The van der Waals surface area contributed by atoms with Gasteiger partial charge in [0.15, 0.2) is 5.58 Å². The second-order valence-electron chi connectivity index (χ2n) is 3.69. The van der Waals surface area contributed by atoms with E-state index in [2.05, 4.69) is 20.9 Å².